The van der Waals surface area contributed by atoms with Crippen LogP contribution in [-0.2, 0) is 4.74 Å². The predicted octanol–water partition coefficient (Wildman–Crippen LogP) is 1.32. The SMILES string of the molecule is CCC1CC(O)CC(C)O1. The molecule has 2 nitrogen and oxygen atoms in total. The molecule has 1 rings (SSSR count). The lowest BCUT2D eigenvalue weighted by Crippen LogP contribution is -2.33. The van der Waals surface area contributed by atoms with E-state index in [1.54, 1.807) is 0 Å². The van der Waals surface area contributed by atoms with E-state index in [4.69, 9.17) is 4.74 Å². The zero-order valence-electron chi connectivity index (χ0n) is 6.71. The molecular formula is C8H16O2. The fourth-order valence-corrected chi connectivity index (χ4v) is 1.49. The molecule has 1 aliphatic heterocycles. The van der Waals surface area contributed by atoms with Gasteiger partial charge in [0.15, 0.2) is 0 Å². The molecule has 1 saturated heterocycles. The molecule has 0 radical (unpaired) electrons. The van der Waals surface area contributed by atoms with Gasteiger partial charge in [0.25, 0.3) is 0 Å². The monoisotopic (exact) mass is 144 g/mol. The van der Waals surface area contributed by atoms with Crippen molar-refractivity contribution in [2.75, 3.05) is 0 Å². The van der Waals surface area contributed by atoms with Crippen molar-refractivity contribution < 1.29 is 9.84 Å². The van der Waals surface area contributed by atoms with Gasteiger partial charge in [0.2, 0.25) is 0 Å². The molecule has 0 aromatic carbocycles. The third kappa shape index (κ3) is 1.96. The Labute approximate surface area is 62.2 Å². The van der Waals surface area contributed by atoms with Gasteiger partial charge in [-0.25, -0.2) is 0 Å². The molecule has 0 amide bonds. The van der Waals surface area contributed by atoms with E-state index in [0.717, 1.165) is 19.3 Å². The van der Waals surface area contributed by atoms with Gasteiger partial charge in [-0.2, -0.15) is 0 Å². The quantitative estimate of drug-likeness (QED) is 0.601. The van der Waals surface area contributed by atoms with Crippen LogP contribution in [-0.4, -0.2) is 23.4 Å². The summed E-state index contributed by atoms with van der Waals surface area (Å²) in [6.07, 6.45) is 3.04. The molecule has 0 saturated carbocycles. The van der Waals surface area contributed by atoms with E-state index >= 15 is 0 Å². The van der Waals surface area contributed by atoms with Crippen LogP contribution in [0.15, 0.2) is 0 Å². The molecule has 0 bridgehead atoms. The Morgan fingerprint density at radius 3 is 2.70 bits per heavy atom. The molecule has 1 fully saturated rings. The van der Waals surface area contributed by atoms with E-state index in [0.29, 0.717) is 6.10 Å². The molecule has 2 heteroatoms. The van der Waals surface area contributed by atoms with Crippen LogP contribution in [0.1, 0.15) is 33.1 Å². The molecule has 3 unspecified atom stereocenters. The summed E-state index contributed by atoms with van der Waals surface area (Å²) in [7, 11) is 0. The van der Waals surface area contributed by atoms with Crippen molar-refractivity contribution in [3.05, 3.63) is 0 Å². The third-order valence-electron chi connectivity index (χ3n) is 2.02. The summed E-state index contributed by atoms with van der Waals surface area (Å²) in [5.41, 5.74) is 0. The van der Waals surface area contributed by atoms with Crippen LogP contribution in [0.25, 0.3) is 0 Å². The van der Waals surface area contributed by atoms with E-state index in [-0.39, 0.29) is 12.2 Å². The van der Waals surface area contributed by atoms with Gasteiger partial charge in [-0.05, 0) is 26.2 Å². The lowest BCUT2D eigenvalue weighted by Gasteiger charge is -2.30. The van der Waals surface area contributed by atoms with Crippen molar-refractivity contribution in [3.63, 3.8) is 0 Å². The molecule has 1 N–H and O–H groups in total. The Morgan fingerprint density at radius 2 is 2.20 bits per heavy atom. The second-order valence-electron chi connectivity index (χ2n) is 3.10. The second-order valence-corrected chi connectivity index (χ2v) is 3.10. The second kappa shape index (κ2) is 3.35. The highest BCUT2D eigenvalue weighted by molar-refractivity contribution is 4.73. The maximum atomic E-state index is 9.30. The highest BCUT2D eigenvalue weighted by Gasteiger charge is 2.23. The summed E-state index contributed by atoms with van der Waals surface area (Å²) in [5, 5.41) is 9.30. The lowest BCUT2D eigenvalue weighted by atomic mass is 10.0. The maximum absolute atomic E-state index is 9.30. The van der Waals surface area contributed by atoms with E-state index in [2.05, 4.69) is 6.92 Å². The molecule has 10 heavy (non-hydrogen) atoms. The van der Waals surface area contributed by atoms with Gasteiger partial charge in [-0.15, -0.1) is 0 Å². The van der Waals surface area contributed by atoms with E-state index < -0.39 is 0 Å². The van der Waals surface area contributed by atoms with Gasteiger partial charge in [0.1, 0.15) is 0 Å². The largest absolute Gasteiger partial charge is 0.393 e. The molecule has 0 aromatic heterocycles. The van der Waals surface area contributed by atoms with Crippen molar-refractivity contribution in [2.45, 2.75) is 51.4 Å². The minimum atomic E-state index is -0.131. The first-order valence-corrected chi connectivity index (χ1v) is 4.06. The molecule has 0 spiro atoms. The van der Waals surface area contributed by atoms with Gasteiger partial charge >= 0.3 is 0 Å². The smallest absolute Gasteiger partial charge is 0.0600 e. The molecule has 3 atom stereocenters. The fraction of sp³-hybridized carbons (Fsp3) is 1.00. The van der Waals surface area contributed by atoms with Gasteiger partial charge in [0, 0.05) is 0 Å². The van der Waals surface area contributed by atoms with Crippen LogP contribution < -0.4 is 0 Å². The average molecular weight is 144 g/mol. The maximum Gasteiger partial charge on any atom is 0.0600 e. The Kier molecular flexibility index (Phi) is 2.69. The first-order valence-electron chi connectivity index (χ1n) is 4.06. The third-order valence-corrected chi connectivity index (χ3v) is 2.02. The standard InChI is InChI=1S/C8H16O2/c1-3-8-5-7(9)4-6(2)10-8/h6-9H,3-5H2,1-2H3. The van der Waals surface area contributed by atoms with Gasteiger partial charge in [-0.1, -0.05) is 6.92 Å². The van der Waals surface area contributed by atoms with Crippen LogP contribution >= 0.6 is 0 Å². The van der Waals surface area contributed by atoms with Gasteiger partial charge in [0.05, 0.1) is 18.3 Å². The Hall–Kier alpha value is -0.0800. The first kappa shape index (κ1) is 8.02. The molecule has 1 aliphatic rings. The molecular weight excluding hydrogens is 128 g/mol. The Bertz CT molecular complexity index is 93.4. The van der Waals surface area contributed by atoms with E-state index in [9.17, 15) is 5.11 Å². The van der Waals surface area contributed by atoms with E-state index in [1.165, 1.54) is 0 Å². The van der Waals surface area contributed by atoms with Crippen molar-refractivity contribution >= 4 is 0 Å². The van der Waals surface area contributed by atoms with Crippen molar-refractivity contribution in [1.82, 2.24) is 0 Å². The lowest BCUT2D eigenvalue weighted by molar-refractivity contribution is -0.0881. The summed E-state index contributed by atoms with van der Waals surface area (Å²) in [6, 6.07) is 0. The number of rotatable bonds is 1. The summed E-state index contributed by atoms with van der Waals surface area (Å²) in [5.74, 6) is 0. The van der Waals surface area contributed by atoms with Crippen molar-refractivity contribution in [3.8, 4) is 0 Å². The summed E-state index contributed by atoms with van der Waals surface area (Å²) < 4.78 is 5.55. The van der Waals surface area contributed by atoms with Crippen LogP contribution in [0, 0.1) is 0 Å². The van der Waals surface area contributed by atoms with Crippen LogP contribution in [0.5, 0.6) is 0 Å². The molecule has 0 aliphatic carbocycles. The predicted molar refractivity (Wildman–Crippen MR) is 39.9 cm³/mol. The number of aliphatic hydroxyl groups is 1. The number of ether oxygens (including phenoxy) is 1. The molecule has 1 heterocycles. The summed E-state index contributed by atoms with van der Waals surface area (Å²) in [4.78, 5) is 0. The molecule has 60 valence electrons. The number of hydrogen-bond donors (Lipinski definition) is 1. The van der Waals surface area contributed by atoms with Gasteiger partial charge < -0.3 is 9.84 Å². The van der Waals surface area contributed by atoms with Crippen molar-refractivity contribution in [1.29, 1.82) is 0 Å². The minimum Gasteiger partial charge on any atom is -0.393 e. The number of hydrogen-bond acceptors (Lipinski definition) is 2. The average Bonchev–Trinajstić information content (AvgIpc) is 1.85. The Balaban J connectivity index is 2.35. The normalized spacial score (nSPS) is 41.7. The zero-order chi connectivity index (χ0) is 7.56. The Morgan fingerprint density at radius 1 is 1.50 bits per heavy atom. The van der Waals surface area contributed by atoms with Crippen LogP contribution in [0.4, 0.5) is 0 Å². The molecule has 0 aromatic rings. The van der Waals surface area contributed by atoms with E-state index in [1.807, 2.05) is 6.92 Å². The highest BCUT2D eigenvalue weighted by atomic mass is 16.5. The minimum absolute atomic E-state index is 0.131. The zero-order valence-corrected chi connectivity index (χ0v) is 6.71. The fourth-order valence-electron chi connectivity index (χ4n) is 1.49. The van der Waals surface area contributed by atoms with Crippen LogP contribution in [0.3, 0.4) is 0 Å². The first-order chi connectivity index (χ1) is 4.72. The summed E-state index contributed by atoms with van der Waals surface area (Å²) in [6.45, 7) is 4.11. The number of aliphatic hydroxyl groups excluding tert-OH is 1. The summed E-state index contributed by atoms with van der Waals surface area (Å²) >= 11 is 0. The van der Waals surface area contributed by atoms with Gasteiger partial charge in [-0.3, -0.25) is 0 Å². The topological polar surface area (TPSA) is 29.5 Å². The van der Waals surface area contributed by atoms with Crippen molar-refractivity contribution in [2.24, 2.45) is 0 Å². The van der Waals surface area contributed by atoms with Crippen LogP contribution in [0.2, 0.25) is 0 Å². The highest BCUT2D eigenvalue weighted by Crippen LogP contribution is 2.20.